The molecule has 7 heteroatoms. The quantitative estimate of drug-likeness (QED) is 0.259. The number of fused-ring (bicyclic) bond motifs is 1. The second-order valence-electron chi connectivity index (χ2n) is 8.58. The van der Waals surface area contributed by atoms with Gasteiger partial charge in [0.1, 0.15) is 4.90 Å². The summed E-state index contributed by atoms with van der Waals surface area (Å²) < 4.78 is 33.8. The molecule has 0 saturated heterocycles. The molecule has 4 aromatic rings. The smallest absolute Gasteiger partial charge is 1.00 e. The first-order chi connectivity index (χ1) is 15.7. The second kappa shape index (κ2) is 10.5. The van der Waals surface area contributed by atoms with Gasteiger partial charge in [-0.1, -0.05) is 54.6 Å². The molecule has 4 rings (SSSR count). The molecule has 4 aromatic carbocycles. The molecular formula is C27H29N2NaO3S. The molecule has 0 heterocycles. The van der Waals surface area contributed by atoms with Gasteiger partial charge in [-0.05, 0) is 52.4 Å². The first-order valence-electron chi connectivity index (χ1n) is 10.7. The van der Waals surface area contributed by atoms with Crippen molar-refractivity contribution in [3.63, 3.8) is 0 Å². The zero-order valence-corrected chi connectivity index (χ0v) is 23.0. The van der Waals surface area contributed by atoms with Crippen molar-refractivity contribution in [2.45, 2.75) is 10.8 Å². The second-order valence-corrected chi connectivity index (χ2v) is 9.97. The van der Waals surface area contributed by atoms with Gasteiger partial charge < -0.3 is 11.2 Å². The Balaban J connectivity index is 0.00000216. The van der Waals surface area contributed by atoms with Crippen molar-refractivity contribution in [1.82, 2.24) is 0 Å². The van der Waals surface area contributed by atoms with E-state index in [1.807, 2.05) is 46.4 Å². The van der Waals surface area contributed by atoms with Gasteiger partial charge in [-0.3, -0.25) is 4.55 Å². The van der Waals surface area contributed by atoms with Crippen LogP contribution in [0.3, 0.4) is 0 Å². The Labute approximate surface area is 225 Å². The Morgan fingerprint density at radius 2 is 1.12 bits per heavy atom. The minimum atomic E-state index is -4.34. The summed E-state index contributed by atoms with van der Waals surface area (Å²) in [5, 5.41) is 1.31. The van der Waals surface area contributed by atoms with Crippen LogP contribution in [0.1, 0.15) is 24.0 Å². The SMILES string of the molecule is CN(C)c1ccc(C(c2ccc(N(C)C)cc2)c2ccc(S(=O)(=O)O)c3ccccc23)cc1.[H-].[Na+]. The molecule has 0 amide bonds. The molecular weight excluding hydrogens is 455 g/mol. The summed E-state index contributed by atoms with van der Waals surface area (Å²) in [5.41, 5.74) is 5.39. The van der Waals surface area contributed by atoms with Crippen LogP contribution in [0.15, 0.2) is 89.8 Å². The third kappa shape index (κ3) is 5.32. The molecule has 0 aliphatic carbocycles. The molecule has 0 unspecified atom stereocenters. The first kappa shape index (κ1) is 26.3. The maximum absolute atomic E-state index is 12.0. The molecule has 5 nitrogen and oxygen atoms in total. The number of hydrogen-bond acceptors (Lipinski definition) is 4. The van der Waals surface area contributed by atoms with Crippen LogP contribution in [0.2, 0.25) is 0 Å². The zero-order valence-electron chi connectivity index (χ0n) is 21.2. The normalized spacial score (nSPS) is 11.4. The molecule has 0 fully saturated rings. The summed E-state index contributed by atoms with van der Waals surface area (Å²) in [6, 6.07) is 27.5. The fourth-order valence-corrected chi connectivity index (χ4v) is 4.95. The maximum atomic E-state index is 12.0. The van der Waals surface area contributed by atoms with Gasteiger partial charge in [0.15, 0.2) is 0 Å². The Hall–Kier alpha value is -2.35. The molecule has 34 heavy (non-hydrogen) atoms. The van der Waals surface area contributed by atoms with Crippen molar-refractivity contribution in [1.29, 1.82) is 0 Å². The number of rotatable bonds is 6. The van der Waals surface area contributed by atoms with Crippen LogP contribution >= 0.6 is 0 Å². The number of hydrogen-bond donors (Lipinski definition) is 1. The molecule has 0 saturated carbocycles. The summed E-state index contributed by atoms with van der Waals surface area (Å²) in [7, 11) is 3.69. The molecule has 0 aliphatic rings. The number of anilines is 2. The fraction of sp³-hybridized carbons (Fsp3) is 0.185. The maximum Gasteiger partial charge on any atom is 1.00 e. The molecule has 0 atom stereocenters. The van der Waals surface area contributed by atoms with Gasteiger partial charge in [0.2, 0.25) is 0 Å². The standard InChI is InChI=1S/C27H28N2O3S.Na.H/c1-28(2)21-13-9-19(10-14-21)27(20-11-15-22(16-12-20)29(3)4)25-17-18-26(33(30,31)32)24-8-6-5-7-23(24)25;;/h5-18,27H,1-4H3,(H,30,31,32);;/q;+1;-1. The summed E-state index contributed by atoms with van der Waals surface area (Å²) in [5.74, 6) is -0.113. The number of nitrogens with zero attached hydrogens (tertiary/aromatic N) is 2. The van der Waals surface area contributed by atoms with E-state index in [4.69, 9.17) is 0 Å². The molecule has 0 aromatic heterocycles. The topological polar surface area (TPSA) is 60.9 Å². The van der Waals surface area contributed by atoms with Crippen molar-refractivity contribution in [2.24, 2.45) is 0 Å². The van der Waals surface area contributed by atoms with E-state index in [2.05, 4.69) is 58.3 Å². The van der Waals surface area contributed by atoms with Crippen LogP contribution in [0.5, 0.6) is 0 Å². The molecule has 0 bridgehead atoms. The molecule has 0 aliphatic heterocycles. The minimum Gasteiger partial charge on any atom is -1.00 e. The van der Waals surface area contributed by atoms with Crippen LogP contribution in [0.25, 0.3) is 10.8 Å². The minimum absolute atomic E-state index is 0. The van der Waals surface area contributed by atoms with Gasteiger partial charge in [-0.15, -0.1) is 0 Å². The van der Waals surface area contributed by atoms with Gasteiger partial charge in [0.05, 0.1) is 0 Å². The van der Waals surface area contributed by atoms with Crippen LogP contribution < -0.4 is 39.4 Å². The van der Waals surface area contributed by atoms with Gasteiger partial charge >= 0.3 is 29.6 Å². The largest absolute Gasteiger partial charge is 1.00 e. The third-order valence-corrected chi connectivity index (χ3v) is 6.90. The van der Waals surface area contributed by atoms with Crippen molar-refractivity contribution in [3.8, 4) is 0 Å². The van der Waals surface area contributed by atoms with Gasteiger partial charge in [-0.2, -0.15) is 8.42 Å². The summed E-state index contributed by atoms with van der Waals surface area (Å²) in [6.45, 7) is 0. The van der Waals surface area contributed by atoms with E-state index in [-0.39, 0.29) is 41.8 Å². The van der Waals surface area contributed by atoms with Crippen LogP contribution in [-0.2, 0) is 10.1 Å². The van der Waals surface area contributed by atoms with E-state index < -0.39 is 10.1 Å². The Morgan fingerprint density at radius 3 is 1.53 bits per heavy atom. The number of benzene rings is 4. The van der Waals surface area contributed by atoms with Crippen LogP contribution in [-0.4, -0.2) is 41.2 Å². The van der Waals surface area contributed by atoms with E-state index in [0.29, 0.717) is 5.39 Å². The zero-order chi connectivity index (χ0) is 23.8. The Bertz CT molecular complexity index is 1340. The van der Waals surface area contributed by atoms with Crippen molar-refractivity contribution in [2.75, 3.05) is 38.0 Å². The van der Waals surface area contributed by atoms with Gasteiger partial charge in [0, 0.05) is 50.9 Å². The average Bonchev–Trinajstić information content (AvgIpc) is 2.79. The van der Waals surface area contributed by atoms with E-state index in [1.165, 1.54) is 6.07 Å². The predicted octanol–water partition coefficient (Wildman–Crippen LogP) is 2.52. The van der Waals surface area contributed by atoms with E-state index in [1.54, 1.807) is 12.1 Å². The Kier molecular flexibility index (Phi) is 8.11. The summed E-state index contributed by atoms with van der Waals surface area (Å²) in [4.78, 5) is 4.04. The van der Waals surface area contributed by atoms with Crippen molar-refractivity contribution < 1.29 is 44.0 Å². The summed E-state index contributed by atoms with van der Waals surface area (Å²) in [6.07, 6.45) is 0. The first-order valence-corrected chi connectivity index (χ1v) is 12.1. The third-order valence-electron chi connectivity index (χ3n) is 5.99. The van der Waals surface area contributed by atoms with Gasteiger partial charge in [-0.25, -0.2) is 0 Å². The Morgan fingerprint density at radius 1 is 0.676 bits per heavy atom. The fourth-order valence-electron chi connectivity index (χ4n) is 4.25. The van der Waals surface area contributed by atoms with E-state index in [0.717, 1.165) is 33.5 Å². The summed E-state index contributed by atoms with van der Waals surface area (Å²) >= 11 is 0. The van der Waals surface area contributed by atoms with Crippen LogP contribution in [0.4, 0.5) is 11.4 Å². The average molecular weight is 485 g/mol. The van der Waals surface area contributed by atoms with Crippen molar-refractivity contribution in [3.05, 3.63) is 102 Å². The molecule has 172 valence electrons. The van der Waals surface area contributed by atoms with E-state index in [9.17, 15) is 13.0 Å². The molecule has 1 N–H and O–H groups in total. The van der Waals surface area contributed by atoms with E-state index >= 15 is 0 Å². The van der Waals surface area contributed by atoms with Crippen molar-refractivity contribution >= 4 is 32.3 Å². The van der Waals surface area contributed by atoms with Crippen LogP contribution in [0, 0.1) is 0 Å². The monoisotopic (exact) mass is 484 g/mol. The molecule has 0 radical (unpaired) electrons. The predicted molar refractivity (Wildman–Crippen MR) is 137 cm³/mol. The van der Waals surface area contributed by atoms with Gasteiger partial charge in [0.25, 0.3) is 10.1 Å². The molecule has 0 spiro atoms.